The van der Waals surface area contributed by atoms with Crippen LogP contribution in [0.25, 0.3) is 0 Å². The Bertz CT molecular complexity index is 1740. The molecule has 0 aliphatic rings. The quantitative estimate of drug-likeness (QED) is 0.189. The molecule has 1 N–H and O–H groups in total. The highest BCUT2D eigenvalue weighted by Crippen LogP contribution is 2.33. The van der Waals surface area contributed by atoms with Crippen LogP contribution in [0.15, 0.2) is 108 Å². The van der Waals surface area contributed by atoms with Gasteiger partial charge < -0.3 is 15.0 Å². The molecule has 10 heteroatoms. The zero-order valence-corrected chi connectivity index (χ0v) is 28.3. The van der Waals surface area contributed by atoms with Crippen LogP contribution >= 0.6 is 11.6 Å². The number of aryl methyl sites for hydroxylation is 1. The Morgan fingerprint density at radius 3 is 2.07 bits per heavy atom. The zero-order valence-electron chi connectivity index (χ0n) is 26.7. The van der Waals surface area contributed by atoms with Crippen LogP contribution in [0.1, 0.15) is 37.5 Å². The minimum absolute atomic E-state index is 0.0207. The number of sulfonamides is 1. The molecule has 4 rings (SSSR count). The number of ether oxygens (including phenoxy) is 1. The van der Waals surface area contributed by atoms with Gasteiger partial charge in [0.15, 0.2) is 0 Å². The van der Waals surface area contributed by atoms with E-state index in [0.29, 0.717) is 5.02 Å². The van der Waals surface area contributed by atoms with Crippen molar-refractivity contribution in [1.82, 2.24) is 10.2 Å². The summed E-state index contributed by atoms with van der Waals surface area (Å²) in [6.45, 7) is 6.92. The number of hydrogen-bond donors (Lipinski definition) is 1. The lowest BCUT2D eigenvalue weighted by atomic mass is 10.0. The number of amides is 2. The Morgan fingerprint density at radius 1 is 0.848 bits per heavy atom. The molecule has 0 aliphatic heterocycles. The summed E-state index contributed by atoms with van der Waals surface area (Å²) < 4.78 is 35.1. The molecule has 0 fully saturated rings. The maximum Gasteiger partial charge on any atom is 0.264 e. The van der Waals surface area contributed by atoms with E-state index in [2.05, 4.69) is 5.32 Å². The van der Waals surface area contributed by atoms with Gasteiger partial charge in [0.2, 0.25) is 11.8 Å². The lowest BCUT2D eigenvalue weighted by Gasteiger charge is -2.35. The predicted molar refractivity (Wildman–Crippen MR) is 183 cm³/mol. The molecular weight excluding hydrogens is 622 g/mol. The fourth-order valence-corrected chi connectivity index (χ4v) is 6.53. The van der Waals surface area contributed by atoms with Crippen molar-refractivity contribution in [3.05, 3.63) is 125 Å². The van der Waals surface area contributed by atoms with Gasteiger partial charge in [-0.25, -0.2) is 8.42 Å². The van der Waals surface area contributed by atoms with Gasteiger partial charge in [0.05, 0.1) is 17.7 Å². The first-order valence-electron chi connectivity index (χ1n) is 14.9. The number of methoxy groups -OCH3 is 1. The van der Waals surface area contributed by atoms with E-state index < -0.39 is 34.1 Å². The van der Waals surface area contributed by atoms with E-state index in [-0.39, 0.29) is 35.2 Å². The number of carbonyl (C=O) groups is 2. The van der Waals surface area contributed by atoms with Crippen molar-refractivity contribution in [2.24, 2.45) is 0 Å². The summed E-state index contributed by atoms with van der Waals surface area (Å²) in [6, 6.07) is 28.5. The van der Waals surface area contributed by atoms with E-state index in [0.717, 1.165) is 21.0 Å². The lowest BCUT2D eigenvalue weighted by molar-refractivity contribution is -0.140. The van der Waals surface area contributed by atoms with Crippen LogP contribution < -0.4 is 14.4 Å². The van der Waals surface area contributed by atoms with Crippen LogP contribution in [0.2, 0.25) is 5.02 Å². The summed E-state index contributed by atoms with van der Waals surface area (Å²) in [4.78, 5) is 30.1. The largest absolute Gasteiger partial charge is 0.495 e. The van der Waals surface area contributed by atoms with E-state index in [1.807, 2.05) is 58.0 Å². The molecule has 0 saturated carbocycles. The van der Waals surface area contributed by atoms with Gasteiger partial charge in [0, 0.05) is 23.5 Å². The van der Waals surface area contributed by atoms with Crippen molar-refractivity contribution in [3.63, 3.8) is 0 Å². The van der Waals surface area contributed by atoms with Crippen LogP contribution in [0.5, 0.6) is 5.75 Å². The number of carbonyl (C=O) groups excluding carboxylic acids is 2. The lowest BCUT2D eigenvalue weighted by Crippen LogP contribution is -2.56. The van der Waals surface area contributed by atoms with Crippen LogP contribution in [0, 0.1) is 6.92 Å². The van der Waals surface area contributed by atoms with Gasteiger partial charge in [-0.3, -0.25) is 13.9 Å². The smallest absolute Gasteiger partial charge is 0.264 e. The van der Waals surface area contributed by atoms with Gasteiger partial charge in [-0.05, 0) is 75.2 Å². The first-order valence-corrected chi connectivity index (χ1v) is 16.7. The average molecular weight is 662 g/mol. The van der Waals surface area contributed by atoms with Gasteiger partial charge in [-0.1, -0.05) is 83.9 Å². The molecule has 0 spiro atoms. The third-order valence-electron chi connectivity index (χ3n) is 7.28. The monoisotopic (exact) mass is 661 g/mol. The van der Waals surface area contributed by atoms with Crippen molar-refractivity contribution in [2.45, 2.75) is 57.1 Å². The van der Waals surface area contributed by atoms with E-state index >= 15 is 0 Å². The van der Waals surface area contributed by atoms with Gasteiger partial charge in [0.25, 0.3) is 10.0 Å². The first kappa shape index (κ1) is 34.5. The summed E-state index contributed by atoms with van der Waals surface area (Å²) in [5, 5.41) is 3.56. The number of anilines is 1. The van der Waals surface area contributed by atoms with Gasteiger partial charge >= 0.3 is 0 Å². The second kappa shape index (κ2) is 14.8. The normalized spacial score (nSPS) is 12.2. The Kier molecular flexibility index (Phi) is 11.1. The fourth-order valence-electron chi connectivity index (χ4n) is 4.98. The molecule has 0 aliphatic carbocycles. The molecule has 46 heavy (non-hydrogen) atoms. The van der Waals surface area contributed by atoms with Crippen LogP contribution in [0.3, 0.4) is 0 Å². The third-order valence-corrected chi connectivity index (χ3v) is 9.30. The summed E-state index contributed by atoms with van der Waals surface area (Å²) in [7, 11) is -2.81. The highest BCUT2D eigenvalue weighted by atomic mass is 35.5. The van der Waals surface area contributed by atoms with E-state index in [9.17, 15) is 18.0 Å². The number of halogens is 1. The Labute approximate surface area is 277 Å². The van der Waals surface area contributed by atoms with Gasteiger partial charge in [-0.2, -0.15) is 0 Å². The zero-order chi connectivity index (χ0) is 33.5. The number of nitrogens with zero attached hydrogens (tertiary/aromatic N) is 2. The van der Waals surface area contributed by atoms with Crippen LogP contribution in [-0.4, -0.2) is 50.4 Å². The topological polar surface area (TPSA) is 96.0 Å². The SMILES string of the molecule is COc1ccccc1N(CC(=O)N(Cc1ccc(Cl)cc1)C(Cc1ccccc1)C(=O)NC(C)(C)C)S(=O)(=O)c1ccc(C)cc1. The van der Waals surface area contributed by atoms with E-state index in [1.165, 1.54) is 24.1 Å². The first-order chi connectivity index (χ1) is 21.8. The molecule has 0 radical (unpaired) electrons. The summed E-state index contributed by atoms with van der Waals surface area (Å²) in [5.41, 5.74) is 2.08. The van der Waals surface area contributed by atoms with E-state index in [1.54, 1.807) is 60.7 Å². The summed E-state index contributed by atoms with van der Waals surface area (Å²) >= 11 is 6.16. The molecular formula is C36H40ClN3O5S. The molecule has 1 unspecified atom stereocenters. The van der Waals surface area contributed by atoms with Gasteiger partial charge in [0.1, 0.15) is 18.3 Å². The molecule has 0 heterocycles. The maximum absolute atomic E-state index is 14.6. The van der Waals surface area contributed by atoms with Gasteiger partial charge in [-0.15, -0.1) is 0 Å². The van der Waals surface area contributed by atoms with Crippen molar-refractivity contribution >= 4 is 39.1 Å². The minimum atomic E-state index is -4.26. The minimum Gasteiger partial charge on any atom is -0.495 e. The number of hydrogen-bond acceptors (Lipinski definition) is 5. The summed E-state index contributed by atoms with van der Waals surface area (Å²) in [5.74, 6) is -0.646. The number of nitrogens with one attached hydrogen (secondary N) is 1. The molecule has 8 nitrogen and oxygen atoms in total. The molecule has 1 atom stereocenters. The maximum atomic E-state index is 14.6. The van der Waals surface area contributed by atoms with Crippen LogP contribution in [0.4, 0.5) is 5.69 Å². The standard InChI is InChI=1S/C36H40ClN3O5S/c1-26-15-21-30(22-16-26)46(43,44)40(31-13-9-10-14-33(31)45-5)25-34(41)39(24-28-17-19-29(37)20-18-28)32(35(42)38-36(2,3)4)23-27-11-7-6-8-12-27/h6-22,32H,23-25H2,1-5H3,(H,38,42). The highest BCUT2D eigenvalue weighted by molar-refractivity contribution is 7.92. The molecule has 4 aromatic rings. The molecule has 0 bridgehead atoms. The highest BCUT2D eigenvalue weighted by Gasteiger charge is 2.36. The second-order valence-corrected chi connectivity index (χ2v) is 14.4. The van der Waals surface area contributed by atoms with E-state index in [4.69, 9.17) is 16.3 Å². The number of rotatable bonds is 12. The Hall–Kier alpha value is -4.34. The average Bonchev–Trinajstić information content (AvgIpc) is 3.02. The van der Waals surface area contributed by atoms with Crippen molar-refractivity contribution < 1.29 is 22.7 Å². The van der Waals surface area contributed by atoms with Crippen LogP contribution in [-0.2, 0) is 32.6 Å². The number of benzene rings is 4. The molecule has 2 amide bonds. The second-order valence-electron chi connectivity index (χ2n) is 12.1. The third kappa shape index (κ3) is 8.89. The fraction of sp³-hybridized carbons (Fsp3) is 0.278. The van der Waals surface area contributed by atoms with Crippen molar-refractivity contribution in [3.8, 4) is 5.75 Å². The summed E-state index contributed by atoms with van der Waals surface area (Å²) in [6.07, 6.45) is 0.210. The predicted octanol–water partition coefficient (Wildman–Crippen LogP) is 6.41. The number of para-hydroxylation sites is 2. The van der Waals surface area contributed by atoms with Crippen molar-refractivity contribution in [2.75, 3.05) is 18.0 Å². The molecule has 0 saturated heterocycles. The Balaban J connectivity index is 1.84. The Morgan fingerprint density at radius 2 is 1.46 bits per heavy atom. The molecule has 0 aromatic heterocycles. The molecule has 242 valence electrons. The van der Waals surface area contributed by atoms with Crippen molar-refractivity contribution in [1.29, 1.82) is 0 Å². The molecule has 4 aromatic carbocycles.